The van der Waals surface area contributed by atoms with E-state index in [9.17, 15) is 26.4 Å². The Morgan fingerprint density at radius 3 is 2.10 bits per heavy atom. The fraction of sp³-hybridized carbons (Fsp3) is 0.364. The van der Waals surface area contributed by atoms with Crippen LogP contribution in [0.2, 0.25) is 0 Å². The molecule has 0 aliphatic carbocycles. The number of carboxylic acids is 1. The van der Waals surface area contributed by atoms with Crippen molar-refractivity contribution in [3.8, 4) is 0 Å². The normalized spacial score (nSPS) is 13.5. The Kier molecular flexibility index (Phi) is 4.77. The average Bonchev–Trinajstić information content (AvgIpc) is 2.30. The zero-order valence-corrected chi connectivity index (χ0v) is 11.3. The first-order chi connectivity index (χ1) is 9.06. The van der Waals surface area contributed by atoms with Crippen LogP contribution in [0.5, 0.6) is 0 Å². The summed E-state index contributed by atoms with van der Waals surface area (Å²) in [5, 5.41) is 8.87. The van der Waals surface area contributed by atoms with Gasteiger partial charge in [0, 0.05) is 6.07 Å². The lowest BCUT2D eigenvalue weighted by atomic mass is 10.1. The maximum absolute atomic E-state index is 13.4. The van der Waals surface area contributed by atoms with Crippen molar-refractivity contribution < 1.29 is 31.5 Å². The van der Waals surface area contributed by atoms with Crippen LogP contribution in [-0.4, -0.2) is 25.5 Å². The van der Waals surface area contributed by atoms with E-state index in [-0.39, 0.29) is 12.1 Å². The van der Waals surface area contributed by atoms with Gasteiger partial charge in [-0.3, -0.25) is 4.79 Å². The maximum Gasteiger partial charge on any atom is 0.322 e. The lowest BCUT2D eigenvalue weighted by molar-refractivity contribution is -0.140. The van der Waals surface area contributed by atoms with Crippen LogP contribution in [-0.2, 0) is 14.8 Å². The van der Waals surface area contributed by atoms with Crippen molar-refractivity contribution in [1.82, 2.24) is 4.72 Å². The van der Waals surface area contributed by atoms with Crippen molar-refractivity contribution >= 4 is 16.0 Å². The van der Waals surface area contributed by atoms with E-state index in [4.69, 9.17) is 5.11 Å². The molecule has 1 aromatic carbocycles. The second kappa shape index (κ2) is 5.80. The molecule has 0 fully saturated rings. The van der Waals surface area contributed by atoms with Gasteiger partial charge >= 0.3 is 5.97 Å². The van der Waals surface area contributed by atoms with Gasteiger partial charge in [-0.25, -0.2) is 21.6 Å². The third-order valence-corrected chi connectivity index (χ3v) is 3.94. The minimum Gasteiger partial charge on any atom is -0.480 e. The SMILES string of the molecule is CC(C)C(NS(=O)(=O)c1cc(F)c(F)cc1F)C(=O)O. The molecule has 9 heteroatoms. The number of hydrogen-bond donors (Lipinski definition) is 2. The molecule has 0 saturated heterocycles. The molecule has 1 rings (SSSR count). The molecule has 20 heavy (non-hydrogen) atoms. The minimum absolute atomic E-state index is 0.0784. The predicted octanol–water partition coefficient (Wildman–Crippen LogP) is 1.49. The summed E-state index contributed by atoms with van der Waals surface area (Å²) in [6.07, 6.45) is 0. The van der Waals surface area contributed by atoms with E-state index >= 15 is 0 Å². The Balaban J connectivity index is 3.24. The first-order valence-electron chi connectivity index (χ1n) is 5.46. The summed E-state index contributed by atoms with van der Waals surface area (Å²) in [7, 11) is -4.63. The Labute approximate surface area is 113 Å². The lowest BCUT2D eigenvalue weighted by Crippen LogP contribution is -2.44. The van der Waals surface area contributed by atoms with Crippen LogP contribution in [0.15, 0.2) is 17.0 Å². The summed E-state index contributed by atoms with van der Waals surface area (Å²) in [6.45, 7) is 2.87. The Hall–Kier alpha value is -1.61. The molecule has 0 heterocycles. The second-order valence-electron chi connectivity index (χ2n) is 4.38. The van der Waals surface area contributed by atoms with E-state index in [0.717, 1.165) is 0 Å². The third kappa shape index (κ3) is 3.48. The molecule has 5 nitrogen and oxygen atoms in total. The number of benzene rings is 1. The summed E-state index contributed by atoms with van der Waals surface area (Å²) in [4.78, 5) is 9.75. The molecule has 0 radical (unpaired) electrons. The standard InChI is InChI=1S/C11H12F3NO4S/c1-5(2)10(11(16)17)15-20(18,19)9-4-7(13)6(12)3-8(9)14/h3-5,10,15H,1-2H3,(H,16,17). The number of halogens is 3. The van der Waals surface area contributed by atoms with E-state index in [1.807, 2.05) is 0 Å². The molecule has 0 aliphatic heterocycles. The van der Waals surface area contributed by atoms with Gasteiger partial charge in [0.1, 0.15) is 16.8 Å². The van der Waals surface area contributed by atoms with Crippen LogP contribution < -0.4 is 4.72 Å². The van der Waals surface area contributed by atoms with E-state index in [1.54, 1.807) is 4.72 Å². The van der Waals surface area contributed by atoms with Gasteiger partial charge < -0.3 is 5.11 Å². The van der Waals surface area contributed by atoms with E-state index in [2.05, 4.69) is 0 Å². The maximum atomic E-state index is 13.4. The molecular weight excluding hydrogens is 299 g/mol. The van der Waals surface area contributed by atoms with Gasteiger partial charge in [0.05, 0.1) is 0 Å². The van der Waals surface area contributed by atoms with E-state index in [0.29, 0.717) is 0 Å². The van der Waals surface area contributed by atoms with Crippen LogP contribution in [0.4, 0.5) is 13.2 Å². The zero-order chi connectivity index (χ0) is 15.7. The monoisotopic (exact) mass is 311 g/mol. The van der Waals surface area contributed by atoms with E-state index < -0.39 is 50.3 Å². The summed E-state index contributed by atoms with van der Waals surface area (Å²) in [5.74, 6) is -6.70. The van der Waals surface area contributed by atoms with Gasteiger partial charge in [-0.2, -0.15) is 4.72 Å². The van der Waals surface area contributed by atoms with Crippen molar-refractivity contribution in [2.24, 2.45) is 5.92 Å². The summed E-state index contributed by atoms with van der Waals surface area (Å²) in [5.41, 5.74) is 0. The molecule has 1 aromatic rings. The van der Waals surface area contributed by atoms with Gasteiger partial charge in [0.2, 0.25) is 10.0 Å². The highest BCUT2D eigenvalue weighted by Crippen LogP contribution is 2.19. The molecule has 0 amide bonds. The molecule has 112 valence electrons. The second-order valence-corrected chi connectivity index (χ2v) is 6.06. The number of carboxylic acid groups (broad SMARTS) is 1. The highest BCUT2D eigenvalue weighted by Gasteiger charge is 2.30. The van der Waals surface area contributed by atoms with Crippen LogP contribution in [0.1, 0.15) is 13.8 Å². The summed E-state index contributed by atoms with van der Waals surface area (Å²) >= 11 is 0. The van der Waals surface area contributed by atoms with Crippen molar-refractivity contribution in [3.05, 3.63) is 29.6 Å². The number of carbonyl (C=O) groups is 1. The smallest absolute Gasteiger partial charge is 0.322 e. The van der Waals surface area contributed by atoms with Crippen LogP contribution in [0.25, 0.3) is 0 Å². The van der Waals surface area contributed by atoms with Crippen molar-refractivity contribution in [2.75, 3.05) is 0 Å². The van der Waals surface area contributed by atoms with Gasteiger partial charge in [-0.15, -0.1) is 0 Å². The molecule has 1 unspecified atom stereocenters. The quantitative estimate of drug-likeness (QED) is 0.807. The molecule has 1 atom stereocenters. The van der Waals surface area contributed by atoms with Crippen LogP contribution in [0.3, 0.4) is 0 Å². The first kappa shape index (κ1) is 16.4. The Morgan fingerprint density at radius 1 is 1.15 bits per heavy atom. The fourth-order valence-electron chi connectivity index (χ4n) is 1.41. The van der Waals surface area contributed by atoms with Gasteiger partial charge in [0.25, 0.3) is 0 Å². The third-order valence-electron chi connectivity index (χ3n) is 2.48. The minimum atomic E-state index is -4.63. The largest absolute Gasteiger partial charge is 0.480 e. The summed E-state index contributed by atoms with van der Waals surface area (Å²) in [6, 6.07) is -1.28. The zero-order valence-electron chi connectivity index (χ0n) is 10.5. The lowest BCUT2D eigenvalue weighted by Gasteiger charge is -2.18. The first-order valence-corrected chi connectivity index (χ1v) is 6.94. The van der Waals surface area contributed by atoms with Crippen LogP contribution >= 0.6 is 0 Å². The van der Waals surface area contributed by atoms with Crippen molar-refractivity contribution in [2.45, 2.75) is 24.8 Å². The number of sulfonamides is 1. The predicted molar refractivity (Wildman–Crippen MR) is 62.9 cm³/mol. The number of rotatable bonds is 5. The number of nitrogens with one attached hydrogen (secondary N) is 1. The topological polar surface area (TPSA) is 83.5 Å². The molecule has 0 saturated carbocycles. The molecule has 0 aliphatic rings. The molecule has 0 aromatic heterocycles. The van der Waals surface area contributed by atoms with Crippen LogP contribution in [0, 0.1) is 23.4 Å². The van der Waals surface area contributed by atoms with E-state index in [1.165, 1.54) is 13.8 Å². The molecule has 0 bridgehead atoms. The van der Waals surface area contributed by atoms with Gasteiger partial charge in [-0.1, -0.05) is 13.8 Å². The number of aliphatic carboxylic acids is 1. The Bertz CT molecular complexity index is 631. The van der Waals surface area contributed by atoms with Crippen molar-refractivity contribution in [1.29, 1.82) is 0 Å². The molecule has 2 N–H and O–H groups in total. The highest BCUT2D eigenvalue weighted by molar-refractivity contribution is 7.89. The number of hydrogen-bond acceptors (Lipinski definition) is 3. The fourth-order valence-corrected chi connectivity index (χ4v) is 2.82. The highest BCUT2D eigenvalue weighted by atomic mass is 32.2. The molecule has 0 spiro atoms. The Morgan fingerprint density at radius 2 is 1.65 bits per heavy atom. The van der Waals surface area contributed by atoms with Gasteiger partial charge in [-0.05, 0) is 12.0 Å². The van der Waals surface area contributed by atoms with Gasteiger partial charge in [0.15, 0.2) is 11.6 Å². The van der Waals surface area contributed by atoms with Crippen molar-refractivity contribution in [3.63, 3.8) is 0 Å². The molecular formula is C11H12F3NO4S. The summed E-state index contributed by atoms with van der Waals surface area (Å²) < 4.78 is 64.5. The average molecular weight is 311 g/mol.